The standard InChI is InChI=1S/C38H40FN7O4/c1-24-19-27(20-25(2)37(24)48)43-15-17-44(18-16-43)38(49)32-22-31-30(28-8-4-5-9-33(28)50-3)21-29(35(39)36(31)41-32)26-7-6-12-45(23-26)34(47)10-13-46-14-11-40-42-46/h4-5,7-9,11,14,19-22,41,48H,6,10,12-13,15-18,23H2,1-3H3. The van der Waals surface area contributed by atoms with Crippen molar-refractivity contribution in [3.63, 3.8) is 0 Å². The van der Waals surface area contributed by atoms with Crippen molar-refractivity contribution in [3.05, 3.63) is 95.2 Å². The quantitative estimate of drug-likeness (QED) is 0.221. The molecule has 0 bridgehead atoms. The van der Waals surface area contributed by atoms with Crippen LogP contribution in [0.3, 0.4) is 0 Å². The third-order valence-electron chi connectivity index (χ3n) is 9.76. The number of aromatic nitrogens is 4. The van der Waals surface area contributed by atoms with Crippen LogP contribution >= 0.6 is 0 Å². The minimum absolute atomic E-state index is 0.0407. The molecule has 0 spiro atoms. The number of ether oxygens (including phenoxy) is 1. The van der Waals surface area contributed by atoms with Crippen LogP contribution < -0.4 is 9.64 Å². The Morgan fingerprint density at radius 3 is 2.44 bits per heavy atom. The summed E-state index contributed by atoms with van der Waals surface area (Å²) in [5.74, 6) is 0.213. The first-order chi connectivity index (χ1) is 24.2. The average Bonchev–Trinajstić information content (AvgIpc) is 3.84. The maximum atomic E-state index is 16.7. The average molecular weight is 678 g/mol. The molecule has 5 aromatic rings. The third kappa shape index (κ3) is 6.28. The molecule has 0 aliphatic carbocycles. The van der Waals surface area contributed by atoms with Gasteiger partial charge in [0.25, 0.3) is 5.91 Å². The molecule has 3 aromatic carbocycles. The van der Waals surface area contributed by atoms with Gasteiger partial charge in [-0.25, -0.2) is 4.39 Å². The molecule has 2 aromatic heterocycles. The monoisotopic (exact) mass is 677 g/mol. The van der Waals surface area contributed by atoms with Gasteiger partial charge < -0.3 is 29.5 Å². The number of rotatable bonds is 8. The zero-order valence-corrected chi connectivity index (χ0v) is 28.4. The molecule has 1 fully saturated rings. The molecule has 7 rings (SSSR count). The summed E-state index contributed by atoms with van der Waals surface area (Å²) in [7, 11) is 1.60. The predicted octanol–water partition coefficient (Wildman–Crippen LogP) is 5.56. The Morgan fingerprint density at radius 1 is 0.960 bits per heavy atom. The second-order valence-electron chi connectivity index (χ2n) is 12.9. The first-order valence-corrected chi connectivity index (χ1v) is 16.9. The van der Waals surface area contributed by atoms with Crippen LogP contribution in [0.2, 0.25) is 0 Å². The molecule has 2 amide bonds. The molecular formula is C38H40FN7O4. The molecule has 0 atom stereocenters. The van der Waals surface area contributed by atoms with Crippen molar-refractivity contribution in [2.75, 3.05) is 51.3 Å². The molecule has 0 radical (unpaired) electrons. The van der Waals surface area contributed by atoms with Crippen LogP contribution in [0.1, 0.15) is 40.0 Å². The number of para-hydroxylation sites is 1. The fourth-order valence-electron chi connectivity index (χ4n) is 7.02. The van der Waals surface area contributed by atoms with E-state index in [0.29, 0.717) is 79.4 Å². The van der Waals surface area contributed by atoms with Gasteiger partial charge in [-0.3, -0.25) is 14.3 Å². The van der Waals surface area contributed by atoms with Crippen molar-refractivity contribution in [3.8, 4) is 22.6 Å². The lowest BCUT2D eigenvalue weighted by Gasteiger charge is -2.36. The van der Waals surface area contributed by atoms with Crippen LogP contribution in [0.4, 0.5) is 10.1 Å². The minimum Gasteiger partial charge on any atom is -0.507 e. The van der Waals surface area contributed by atoms with E-state index in [2.05, 4.69) is 20.2 Å². The number of piperazine rings is 1. The zero-order valence-electron chi connectivity index (χ0n) is 28.4. The largest absolute Gasteiger partial charge is 0.507 e. The Hall–Kier alpha value is -5.65. The Kier molecular flexibility index (Phi) is 9.00. The smallest absolute Gasteiger partial charge is 0.270 e. The number of halogens is 1. The normalized spacial score (nSPS) is 15.0. The number of benzene rings is 3. The van der Waals surface area contributed by atoms with Crippen LogP contribution in [-0.4, -0.2) is 93.1 Å². The number of hydrogen-bond acceptors (Lipinski definition) is 7. The number of carbonyl (C=O) groups excluding carboxylic acids is 2. The van der Waals surface area contributed by atoms with Crippen molar-refractivity contribution in [1.29, 1.82) is 0 Å². The van der Waals surface area contributed by atoms with E-state index < -0.39 is 5.82 Å². The molecule has 2 aliphatic rings. The number of carbonyl (C=O) groups is 2. The summed E-state index contributed by atoms with van der Waals surface area (Å²) in [5.41, 5.74) is 5.76. The molecular weight excluding hydrogens is 637 g/mol. The third-order valence-corrected chi connectivity index (χ3v) is 9.76. The van der Waals surface area contributed by atoms with Gasteiger partial charge in [-0.2, -0.15) is 0 Å². The lowest BCUT2D eigenvalue weighted by Crippen LogP contribution is -2.48. The predicted molar refractivity (Wildman–Crippen MR) is 190 cm³/mol. The maximum Gasteiger partial charge on any atom is 0.270 e. The molecule has 1 saturated heterocycles. The number of aromatic hydroxyl groups is 1. The summed E-state index contributed by atoms with van der Waals surface area (Å²) >= 11 is 0. The fraction of sp³-hybridized carbons (Fsp3) is 0.316. The number of anilines is 1. The lowest BCUT2D eigenvalue weighted by molar-refractivity contribution is -0.131. The van der Waals surface area contributed by atoms with Crippen LogP contribution in [-0.2, 0) is 11.3 Å². The number of aryl methyl sites for hydroxylation is 3. The molecule has 11 nitrogen and oxygen atoms in total. The zero-order chi connectivity index (χ0) is 34.9. The van der Waals surface area contributed by atoms with Gasteiger partial charge in [-0.05, 0) is 72.9 Å². The van der Waals surface area contributed by atoms with Gasteiger partial charge in [0.05, 0.1) is 25.4 Å². The van der Waals surface area contributed by atoms with Gasteiger partial charge in [0.2, 0.25) is 5.91 Å². The van der Waals surface area contributed by atoms with Crippen molar-refractivity contribution in [2.24, 2.45) is 0 Å². The van der Waals surface area contributed by atoms with E-state index in [9.17, 15) is 14.7 Å². The Labute approximate surface area is 289 Å². The molecule has 4 heterocycles. The minimum atomic E-state index is -0.469. The first-order valence-electron chi connectivity index (χ1n) is 16.9. The summed E-state index contributed by atoms with van der Waals surface area (Å²) in [6.45, 7) is 7.23. The summed E-state index contributed by atoms with van der Waals surface area (Å²) in [6, 6.07) is 15.0. The van der Waals surface area contributed by atoms with Crippen molar-refractivity contribution in [2.45, 2.75) is 33.2 Å². The molecule has 50 heavy (non-hydrogen) atoms. The van der Waals surface area contributed by atoms with Gasteiger partial charge >= 0.3 is 0 Å². The highest BCUT2D eigenvalue weighted by Crippen LogP contribution is 2.40. The summed E-state index contributed by atoms with van der Waals surface area (Å²) in [5, 5.41) is 18.5. The Morgan fingerprint density at radius 2 is 1.72 bits per heavy atom. The molecule has 2 aliphatic heterocycles. The van der Waals surface area contributed by atoms with E-state index in [1.54, 1.807) is 40.1 Å². The van der Waals surface area contributed by atoms with Gasteiger partial charge in [0.1, 0.15) is 17.2 Å². The highest BCUT2D eigenvalue weighted by Gasteiger charge is 2.28. The molecule has 2 N–H and O–H groups in total. The molecule has 0 saturated carbocycles. The first kappa shape index (κ1) is 32.9. The van der Waals surface area contributed by atoms with Crippen LogP contribution in [0.15, 0.2) is 67.0 Å². The van der Waals surface area contributed by atoms with Crippen LogP contribution in [0, 0.1) is 19.7 Å². The fourth-order valence-corrected chi connectivity index (χ4v) is 7.02. The van der Waals surface area contributed by atoms with Crippen LogP contribution in [0.25, 0.3) is 27.6 Å². The SMILES string of the molecule is COc1ccccc1-c1cc(C2=CCCN(C(=O)CCn3ccnn3)C2)c(F)c2[nH]c(C(=O)N3CCN(c4cc(C)c(O)c(C)c4)CC3)cc12. The summed E-state index contributed by atoms with van der Waals surface area (Å²) in [6.07, 6.45) is 6.13. The number of aromatic amines is 1. The number of phenols is 1. The molecule has 0 unspecified atom stereocenters. The maximum absolute atomic E-state index is 16.7. The topological polar surface area (TPSA) is 120 Å². The van der Waals surface area contributed by atoms with Crippen molar-refractivity contribution < 1.29 is 23.8 Å². The van der Waals surface area contributed by atoms with Crippen molar-refractivity contribution >= 4 is 34.0 Å². The summed E-state index contributed by atoms with van der Waals surface area (Å²) < 4.78 is 24.0. The molecule has 258 valence electrons. The number of nitrogens with one attached hydrogen (secondary N) is 1. The van der Waals surface area contributed by atoms with E-state index in [1.165, 1.54) is 0 Å². The second kappa shape index (κ2) is 13.7. The number of fused-ring (bicyclic) bond motifs is 1. The molecule has 12 heteroatoms. The van der Waals surface area contributed by atoms with E-state index in [1.807, 2.05) is 62.4 Å². The lowest BCUT2D eigenvalue weighted by atomic mass is 9.93. The highest BCUT2D eigenvalue weighted by atomic mass is 19.1. The Bertz CT molecular complexity index is 2070. The van der Waals surface area contributed by atoms with Crippen LogP contribution in [0.5, 0.6) is 11.5 Å². The van der Waals surface area contributed by atoms with Gasteiger partial charge in [0.15, 0.2) is 5.82 Å². The number of hydrogen-bond donors (Lipinski definition) is 2. The number of methoxy groups -OCH3 is 1. The highest BCUT2D eigenvalue weighted by molar-refractivity contribution is 6.05. The van der Waals surface area contributed by atoms with Gasteiger partial charge in [0, 0.05) is 74.1 Å². The van der Waals surface area contributed by atoms with Crippen molar-refractivity contribution in [1.82, 2.24) is 29.8 Å². The van der Waals surface area contributed by atoms with Gasteiger partial charge in [-0.1, -0.05) is 29.5 Å². The Balaban J connectivity index is 1.18. The number of amides is 2. The number of phenolic OH excluding ortho intramolecular Hbond substituents is 1. The van der Waals surface area contributed by atoms with E-state index in [4.69, 9.17) is 4.74 Å². The summed E-state index contributed by atoms with van der Waals surface area (Å²) in [4.78, 5) is 36.0. The number of H-pyrrole nitrogens is 1. The second-order valence-corrected chi connectivity index (χ2v) is 12.9. The van der Waals surface area contributed by atoms with E-state index >= 15 is 4.39 Å². The van der Waals surface area contributed by atoms with E-state index in [-0.39, 0.29) is 30.3 Å². The number of nitrogens with zero attached hydrogens (tertiary/aromatic N) is 6. The van der Waals surface area contributed by atoms with Gasteiger partial charge in [-0.15, -0.1) is 5.10 Å². The van der Waals surface area contributed by atoms with E-state index in [0.717, 1.165) is 27.9 Å².